The average Bonchev–Trinajstić information content (AvgIpc) is 3.13. The zero-order chi connectivity index (χ0) is 25.5. The number of imide groups is 1. The van der Waals surface area contributed by atoms with Gasteiger partial charge >= 0.3 is 0 Å². The van der Waals surface area contributed by atoms with Gasteiger partial charge < -0.3 is 14.8 Å². The maximum absolute atomic E-state index is 12.9. The van der Waals surface area contributed by atoms with E-state index < -0.39 is 17.1 Å². The van der Waals surface area contributed by atoms with Gasteiger partial charge in [-0.15, -0.1) is 0 Å². The summed E-state index contributed by atoms with van der Waals surface area (Å²) in [7, 11) is 0. The lowest BCUT2D eigenvalue weighted by molar-refractivity contribution is -0.127. The third-order valence-corrected chi connectivity index (χ3v) is 6.73. The first-order chi connectivity index (χ1) is 17.4. The van der Waals surface area contributed by atoms with Crippen molar-refractivity contribution in [1.82, 2.24) is 4.90 Å². The quantitative estimate of drug-likeness (QED) is 0.237. The van der Waals surface area contributed by atoms with E-state index in [1.165, 1.54) is 0 Å². The molecule has 4 rings (SSSR count). The summed E-state index contributed by atoms with van der Waals surface area (Å²) in [5, 5.41) is 2.22. The van der Waals surface area contributed by atoms with Crippen LogP contribution in [-0.4, -0.2) is 35.1 Å². The molecular weight excluding hydrogens is 591 g/mol. The molecule has 3 aromatic carbocycles. The first-order valence-corrected chi connectivity index (χ1v) is 13.1. The molecule has 36 heavy (non-hydrogen) atoms. The van der Waals surface area contributed by atoms with Gasteiger partial charge in [0.05, 0.1) is 11.5 Å². The normalized spacial score (nSPS) is 14.3. The van der Waals surface area contributed by atoms with Gasteiger partial charge in [0.2, 0.25) is 5.91 Å². The molecule has 0 saturated carbocycles. The number of hydrogen-bond acceptors (Lipinski definition) is 6. The van der Waals surface area contributed by atoms with E-state index in [0.29, 0.717) is 36.0 Å². The number of nitrogens with one attached hydrogen (secondary N) is 1. The summed E-state index contributed by atoms with van der Waals surface area (Å²) >= 11 is 2.97. The Labute approximate surface area is 227 Å². The standard InChI is InChI=1S/C27H23IN2O5S/c1-2-34-23-14-19(8-13-22(23)35-17-18-6-4-3-5-7-18)15-24-26(32)30(27(33)36-24)16-25(31)29-21-11-9-20(28)10-12-21/h3-15H,2,16-17H2,1H3,(H,29,31)/b24-15+. The van der Waals surface area contributed by atoms with Crippen LogP contribution >= 0.6 is 34.4 Å². The molecule has 1 heterocycles. The van der Waals surface area contributed by atoms with E-state index in [1.54, 1.807) is 36.4 Å². The van der Waals surface area contributed by atoms with Gasteiger partial charge in [-0.25, -0.2) is 0 Å². The molecule has 3 amide bonds. The van der Waals surface area contributed by atoms with Crippen molar-refractivity contribution in [3.05, 3.63) is 92.4 Å². The van der Waals surface area contributed by atoms with Crippen molar-refractivity contribution in [2.24, 2.45) is 0 Å². The fourth-order valence-corrected chi connectivity index (χ4v) is 4.60. The van der Waals surface area contributed by atoms with Crippen LogP contribution in [0.25, 0.3) is 6.08 Å². The van der Waals surface area contributed by atoms with E-state index in [1.807, 2.05) is 49.4 Å². The summed E-state index contributed by atoms with van der Waals surface area (Å²) in [6.07, 6.45) is 1.62. The van der Waals surface area contributed by atoms with E-state index in [4.69, 9.17) is 9.47 Å². The van der Waals surface area contributed by atoms with Gasteiger partial charge in [-0.05, 0) is 94.9 Å². The Bertz CT molecular complexity index is 1300. The summed E-state index contributed by atoms with van der Waals surface area (Å²) < 4.78 is 12.7. The van der Waals surface area contributed by atoms with E-state index in [0.717, 1.165) is 25.8 Å². The number of hydrogen-bond donors (Lipinski definition) is 1. The SMILES string of the molecule is CCOc1cc(/C=C2/SC(=O)N(CC(=O)Nc3ccc(I)cc3)C2=O)ccc1OCc1ccccc1. The lowest BCUT2D eigenvalue weighted by atomic mass is 10.1. The minimum Gasteiger partial charge on any atom is -0.490 e. The highest BCUT2D eigenvalue weighted by Gasteiger charge is 2.36. The first kappa shape index (κ1) is 25.8. The van der Waals surface area contributed by atoms with Crippen molar-refractivity contribution in [1.29, 1.82) is 0 Å². The van der Waals surface area contributed by atoms with Crippen LogP contribution in [0, 0.1) is 3.57 Å². The maximum atomic E-state index is 12.9. The molecule has 9 heteroatoms. The number of anilines is 1. The zero-order valence-corrected chi connectivity index (χ0v) is 22.4. The smallest absolute Gasteiger partial charge is 0.294 e. The second-order valence-electron chi connectivity index (χ2n) is 7.74. The average molecular weight is 614 g/mol. The Balaban J connectivity index is 1.44. The molecular formula is C27H23IN2O5S. The summed E-state index contributed by atoms with van der Waals surface area (Å²) in [6.45, 7) is 2.35. The second-order valence-corrected chi connectivity index (χ2v) is 9.98. The van der Waals surface area contributed by atoms with Gasteiger partial charge in [0.15, 0.2) is 11.5 Å². The Morgan fingerprint density at radius 1 is 1.00 bits per heavy atom. The second kappa shape index (κ2) is 12.1. The third-order valence-electron chi connectivity index (χ3n) is 5.11. The molecule has 0 aliphatic carbocycles. The Kier molecular flexibility index (Phi) is 8.65. The van der Waals surface area contributed by atoms with Crippen LogP contribution in [0.2, 0.25) is 0 Å². The van der Waals surface area contributed by atoms with Gasteiger partial charge in [-0.1, -0.05) is 36.4 Å². The summed E-state index contributed by atoms with van der Waals surface area (Å²) in [5.74, 6) is 0.167. The predicted molar refractivity (Wildman–Crippen MR) is 149 cm³/mol. The van der Waals surface area contributed by atoms with Crippen LogP contribution in [0.5, 0.6) is 11.5 Å². The van der Waals surface area contributed by atoms with Crippen LogP contribution < -0.4 is 14.8 Å². The van der Waals surface area contributed by atoms with Crippen LogP contribution in [0.15, 0.2) is 77.7 Å². The number of nitrogens with zero attached hydrogens (tertiary/aromatic N) is 1. The fourth-order valence-electron chi connectivity index (χ4n) is 3.40. The van der Waals surface area contributed by atoms with E-state index in [2.05, 4.69) is 27.9 Å². The molecule has 1 N–H and O–H groups in total. The van der Waals surface area contributed by atoms with Crippen LogP contribution in [0.1, 0.15) is 18.1 Å². The highest BCUT2D eigenvalue weighted by Crippen LogP contribution is 2.35. The van der Waals surface area contributed by atoms with Crippen molar-refractivity contribution in [2.45, 2.75) is 13.5 Å². The molecule has 184 valence electrons. The Hall–Kier alpha value is -3.31. The number of rotatable bonds is 9. The lowest BCUT2D eigenvalue weighted by Crippen LogP contribution is -2.36. The summed E-state index contributed by atoms with van der Waals surface area (Å²) in [4.78, 5) is 38.9. The van der Waals surface area contributed by atoms with E-state index in [9.17, 15) is 14.4 Å². The van der Waals surface area contributed by atoms with E-state index in [-0.39, 0.29) is 11.4 Å². The predicted octanol–water partition coefficient (Wildman–Crippen LogP) is 5.94. The molecule has 3 aromatic rings. The minimum absolute atomic E-state index is 0.238. The van der Waals surface area contributed by atoms with Crippen LogP contribution in [-0.2, 0) is 16.2 Å². The number of halogens is 1. The van der Waals surface area contributed by atoms with Crippen molar-refractivity contribution in [2.75, 3.05) is 18.5 Å². The van der Waals surface area contributed by atoms with Crippen molar-refractivity contribution in [3.63, 3.8) is 0 Å². The van der Waals surface area contributed by atoms with Gasteiger partial charge in [0, 0.05) is 9.26 Å². The molecule has 1 aliphatic rings. The molecule has 1 fully saturated rings. The highest BCUT2D eigenvalue weighted by atomic mass is 127. The molecule has 0 radical (unpaired) electrons. The number of carbonyl (C=O) groups is 3. The monoisotopic (exact) mass is 614 g/mol. The van der Waals surface area contributed by atoms with Crippen LogP contribution in [0.3, 0.4) is 0 Å². The number of benzene rings is 3. The number of amides is 3. The number of thioether (sulfide) groups is 1. The molecule has 0 spiro atoms. The highest BCUT2D eigenvalue weighted by molar-refractivity contribution is 14.1. The third kappa shape index (κ3) is 6.67. The topological polar surface area (TPSA) is 84.9 Å². The Morgan fingerprint density at radius 2 is 1.75 bits per heavy atom. The van der Waals surface area contributed by atoms with Crippen molar-refractivity contribution >= 4 is 63.2 Å². The van der Waals surface area contributed by atoms with Crippen LogP contribution in [0.4, 0.5) is 10.5 Å². The van der Waals surface area contributed by atoms with E-state index >= 15 is 0 Å². The van der Waals surface area contributed by atoms with Crippen molar-refractivity contribution < 1.29 is 23.9 Å². The molecule has 1 aliphatic heterocycles. The molecule has 0 atom stereocenters. The minimum atomic E-state index is -0.509. The largest absolute Gasteiger partial charge is 0.490 e. The van der Waals surface area contributed by atoms with Gasteiger partial charge in [-0.2, -0.15) is 0 Å². The molecule has 0 bridgehead atoms. The van der Waals surface area contributed by atoms with Gasteiger partial charge in [0.25, 0.3) is 11.1 Å². The molecule has 7 nitrogen and oxygen atoms in total. The van der Waals surface area contributed by atoms with Gasteiger partial charge in [-0.3, -0.25) is 19.3 Å². The lowest BCUT2D eigenvalue weighted by Gasteiger charge is -2.13. The summed E-state index contributed by atoms with van der Waals surface area (Å²) in [5.41, 5.74) is 2.31. The summed E-state index contributed by atoms with van der Waals surface area (Å²) in [6, 6.07) is 22.4. The molecule has 0 aromatic heterocycles. The Morgan fingerprint density at radius 3 is 2.47 bits per heavy atom. The molecule has 0 unspecified atom stereocenters. The number of ether oxygens (including phenoxy) is 2. The van der Waals surface area contributed by atoms with Crippen molar-refractivity contribution in [3.8, 4) is 11.5 Å². The molecule has 1 saturated heterocycles. The van der Waals surface area contributed by atoms with Gasteiger partial charge in [0.1, 0.15) is 13.2 Å². The number of carbonyl (C=O) groups excluding carboxylic acids is 3. The fraction of sp³-hybridized carbons (Fsp3) is 0.148. The zero-order valence-electron chi connectivity index (χ0n) is 19.4. The maximum Gasteiger partial charge on any atom is 0.294 e. The first-order valence-electron chi connectivity index (χ1n) is 11.2.